The molecule has 0 aliphatic heterocycles. The number of aromatic nitrogens is 3. The Labute approximate surface area is 105 Å². The zero-order valence-corrected chi connectivity index (χ0v) is 10.1. The first kappa shape index (κ1) is 10.8. The molecule has 0 spiro atoms. The van der Waals surface area contributed by atoms with Gasteiger partial charge < -0.3 is 8.98 Å². The highest BCUT2D eigenvalue weighted by atomic mass is 16.4. The molecule has 0 amide bonds. The Morgan fingerprint density at radius 3 is 2.89 bits per heavy atom. The Balaban J connectivity index is 2.27. The highest BCUT2D eigenvalue weighted by Gasteiger charge is 2.14. The van der Waals surface area contributed by atoms with Crippen LogP contribution in [0, 0.1) is 6.92 Å². The maximum absolute atomic E-state index is 5.51. The van der Waals surface area contributed by atoms with E-state index in [4.69, 9.17) is 4.42 Å². The van der Waals surface area contributed by atoms with Gasteiger partial charge in [-0.15, -0.1) is 16.8 Å². The molecular weight excluding hydrogens is 226 g/mol. The van der Waals surface area contributed by atoms with Crippen LogP contribution in [0.2, 0.25) is 0 Å². The van der Waals surface area contributed by atoms with Gasteiger partial charge in [-0.1, -0.05) is 24.3 Å². The van der Waals surface area contributed by atoms with Crippen molar-refractivity contribution in [1.29, 1.82) is 0 Å². The standard InChI is InChI=1S/C14H13N3O/c1-3-8-17-12-7-5-4-6-11(12)9-13(17)14-16-15-10(2)18-14/h3-7,9H,1,8H2,2H3. The molecule has 2 heterocycles. The number of rotatable bonds is 3. The number of benzene rings is 1. The van der Waals surface area contributed by atoms with E-state index in [0.29, 0.717) is 18.3 Å². The number of para-hydroxylation sites is 1. The van der Waals surface area contributed by atoms with Gasteiger partial charge in [0.05, 0.1) is 0 Å². The Kier molecular flexibility index (Phi) is 2.48. The fraction of sp³-hybridized carbons (Fsp3) is 0.143. The average Bonchev–Trinajstić information content (AvgIpc) is 2.95. The van der Waals surface area contributed by atoms with Crippen LogP contribution in [0.3, 0.4) is 0 Å². The molecule has 0 unspecified atom stereocenters. The summed E-state index contributed by atoms with van der Waals surface area (Å²) >= 11 is 0. The maximum Gasteiger partial charge on any atom is 0.264 e. The van der Waals surface area contributed by atoms with E-state index in [9.17, 15) is 0 Å². The van der Waals surface area contributed by atoms with Crippen molar-refractivity contribution in [2.24, 2.45) is 0 Å². The monoisotopic (exact) mass is 239 g/mol. The second kappa shape index (κ2) is 4.14. The lowest BCUT2D eigenvalue weighted by Crippen LogP contribution is -1.97. The lowest BCUT2D eigenvalue weighted by atomic mass is 10.2. The Morgan fingerprint density at radius 1 is 1.33 bits per heavy atom. The summed E-state index contributed by atoms with van der Waals surface area (Å²) in [7, 11) is 0. The highest BCUT2D eigenvalue weighted by molar-refractivity contribution is 5.85. The summed E-state index contributed by atoms with van der Waals surface area (Å²) in [5.41, 5.74) is 2.07. The summed E-state index contributed by atoms with van der Waals surface area (Å²) in [5.74, 6) is 1.12. The van der Waals surface area contributed by atoms with Crippen molar-refractivity contribution in [2.45, 2.75) is 13.5 Å². The topological polar surface area (TPSA) is 43.9 Å². The summed E-state index contributed by atoms with van der Waals surface area (Å²) in [6.07, 6.45) is 1.86. The van der Waals surface area contributed by atoms with Gasteiger partial charge in [0.2, 0.25) is 5.89 Å². The van der Waals surface area contributed by atoms with Gasteiger partial charge in [0.1, 0.15) is 5.69 Å². The number of allylic oxidation sites excluding steroid dienone is 1. The van der Waals surface area contributed by atoms with Crippen LogP contribution in [-0.4, -0.2) is 14.8 Å². The van der Waals surface area contributed by atoms with Gasteiger partial charge in [0.25, 0.3) is 5.89 Å². The van der Waals surface area contributed by atoms with Gasteiger partial charge in [0.15, 0.2) is 0 Å². The maximum atomic E-state index is 5.51. The van der Waals surface area contributed by atoms with Gasteiger partial charge in [0, 0.05) is 24.4 Å². The zero-order chi connectivity index (χ0) is 12.5. The molecule has 0 radical (unpaired) electrons. The van der Waals surface area contributed by atoms with E-state index >= 15 is 0 Å². The quantitative estimate of drug-likeness (QED) is 0.659. The predicted octanol–water partition coefficient (Wildman–Crippen LogP) is 3.19. The minimum Gasteiger partial charge on any atom is -0.420 e. The van der Waals surface area contributed by atoms with E-state index in [-0.39, 0.29) is 0 Å². The number of aryl methyl sites for hydroxylation is 1. The van der Waals surface area contributed by atoms with E-state index < -0.39 is 0 Å². The fourth-order valence-electron chi connectivity index (χ4n) is 2.11. The lowest BCUT2D eigenvalue weighted by molar-refractivity contribution is 0.528. The zero-order valence-electron chi connectivity index (χ0n) is 10.1. The van der Waals surface area contributed by atoms with Gasteiger partial charge in [-0.25, -0.2) is 0 Å². The number of fused-ring (bicyclic) bond motifs is 1. The van der Waals surface area contributed by atoms with Crippen LogP contribution in [0.15, 0.2) is 47.4 Å². The third-order valence-corrected chi connectivity index (χ3v) is 2.87. The molecule has 1 aromatic carbocycles. The molecule has 4 heteroatoms. The summed E-state index contributed by atoms with van der Waals surface area (Å²) in [6.45, 7) is 6.30. The lowest BCUT2D eigenvalue weighted by Gasteiger charge is -2.04. The second-order valence-electron chi connectivity index (χ2n) is 4.11. The normalized spacial score (nSPS) is 10.9. The van der Waals surface area contributed by atoms with Gasteiger partial charge in [-0.2, -0.15) is 0 Å². The summed E-state index contributed by atoms with van der Waals surface area (Å²) in [6, 6.07) is 10.2. The summed E-state index contributed by atoms with van der Waals surface area (Å²) in [4.78, 5) is 0. The van der Waals surface area contributed by atoms with Crippen molar-refractivity contribution < 1.29 is 4.42 Å². The molecule has 4 nitrogen and oxygen atoms in total. The van der Waals surface area contributed by atoms with E-state index in [2.05, 4.69) is 39.5 Å². The Hall–Kier alpha value is -2.36. The molecule has 0 bridgehead atoms. The average molecular weight is 239 g/mol. The largest absolute Gasteiger partial charge is 0.420 e. The molecule has 0 saturated heterocycles. The molecule has 0 aliphatic carbocycles. The molecule has 0 N–H and O–H groups in total. The van der Waals surface area contributed by atoms with E-state index in [0.717, 1.165) is 16.6 Å². The predicted molar refractivity (Wildman–Crippen MR) is 70.2 cm³/mol. The first-order valence-corrected chi connectivity index (χ1v) is 5.79. The molecule has 2 aromatic heterocycles. The third kappa shape index (κ3) is 1.62. The molecule has 90 valence electrons. The molecule has 0 atom stereocenters. The molecule has 0 fully saturated rings. The summed E-state index contributed by atoms with van der Waals surface area (Å²) in [5, 5.41) is 9.12. The smallest absolute Gasteiger partial charge is 0.264 e. The van der Waals surface area contributed by atoms with Crippen molar-refractivity contribution >= 4 is 10.9 Å². The Bertz CT molecular complexity index is 709. The van der Waals surface area contributed by atoms with Crippen LogP contribution in [0.25, 0.3) is 22.5 Å². The molecule has 3 rings (SSSR count). The number of hydrogen-bond donors (Lipinski definition) is 0. The van der Waals surface area contributed by atoms with Crippen molar-refractivity contribution in [3.63, 3.8) is 0 Å². The van der Waals surface area contributed by atoms with Crippen LogP contribution in [-0.2, 0) is 6.54 Å². The van der Waals surface area contributed by atoms with Crippen molar-refractivity contribution in [3.05, 3.63) is 48.9 Å². The minimum atomic E-state index is 0.547. The first-order valence-electron chi connectivity index (χ1n) is 5.79. The van der Waals surface area contributed by atoms with Crippen LogP contribution in [0.4, 0.5) is 0 Å². The van der Waals surface area contributed by atoms with Crippen LogP contribution >= 0.6 is 0 Å². The Morgan fingerprint density at radius 2 is 2.17 bits per heavy atom. The number of nitrogens with zero attached hydrogens (tertiary/aromatic N) is 3. The SMILES string of the molecule is C=CCn1c(-c2nnc(C)o2)cc2ccccc21. The molecule has 0 saturated carbocycles. The van der Waals surface area contributed by atoms with Gasteiger partial charge in [-0.3, -0.25) is 0 Å². The fourth-order valence-corrected chi connectivity index (χ4v) is 2.11. The van der Waals surface area contributed by atoms with E-state index in [1.807, 2.05) is 18.2 Å². The minimum absolute atomic E-state index is 0.547. The van der Waals surface area contributed by atoms with E-state index in [1.165, 1.54) is 0 Å². The van der Waals surface area contributed by atoms with Crippen LogP contribution < -0.4 is 0 Å². The number of hydrogen-bond acceptors (Lipinski definition) is 3. The van der Waals surface area contributed by atoms with E-state index in [1.54, 1.807) is 6.92 Å². The van der Waals surface area contributed by atoms with Crippen molar-refractivity contribution in [2.75, 3.05) is 0 Å². The van der Waals surface area contributed by atoms with Crippen LogP contribution in [0.5, 0.6) is 0 Å². The van der Waals surface area contributed by atoms with Gasteiger partial charge >= 0.3 is 0 Å². The highest BCUT2D eigenvalue weighted by Crippen LogP contribution is 2.27. The third-order valence-electron chi connectivity index (χ3n) is 2.87. The van der Waals surface area contributed by atoms with Crippen molar-refractivity contribution in [3.8, 4) is 11.6 Å². The van der Waals surface area contributed by atoms with Crippen LogP contribution in [0.1, 0.15) is 5.89 Å². The molecular formula is C14H13N3O. The molecule has 18 heavy (non-hydrogen) atoms. The summed E-state index contributed by atoms with van der Waals surface area (Å²) < 4.78 is 7.63. The van der Waals surface area contributed by atoms with Crippen molar-refractivity contribution in [1.82, 2.24) is 14.8 Å². The van der Waals surface area contributed by atoms with Gasteiger partial charge in [-0.05, 0) is 12.1 Å². The molecule has 3 aromatic rings. The first-order chi connectivity index (χ1) is 8.79. The second-order valence-corrected chi connectivity index (χ2v) is 4.11. The molecule has 0 aliphatic rings.